The maximum absolute atomic E-state index is 12.6. The summed E-state index contributed by atoms with van der Waals surface area (Å²) < 4.78 is 37.8. The van der Waals surface area contributed by atoms with Gasteiger partial charge in [-0.05, 0) is 37.1 Å². The van der Waals surface area contributed by atoms with Gasteiger partial charge in [-0.1, -0.05) is 0 Å². The molecule has 1 fully saturated rings. The highest BCUT2D eigenvalue weighted by atomic mass is 32.1. The Hall–Kier alpha value is -2.62. The highest BCUT2D eigenvalue weighted by Crippen LogP contribution is 2.29. The zero-order valence-electron chi connectivity index (χ0n) is 14.0. The van der Waals surface area contributed by atoms with E-state index in [1.807, 2.05) is 4.90 Å². The van der Waals surface area contributed by atoms with E-state index in [9.17, 15) is 22.8 Å². The van der Waals surface area contributed by atoms with E-state index in [0.29, 0.717) is 36.6 Å². The van der Waals surface area contributed by atoms with Crippen molar-refractivity contribution in [2.75, 3.05) is 18.0 Å². The van der Waals surface area contributed by atoms with Gasteiger partial charge in [0, 0.05) is 25.3 Å². The van der Waals surface area contributed by atoms with E-state index in [4.69, 9.17) is 5.11 Å². The molecule has 2 aromatic rings. The Balaban J connectivity index is 1.54. The minimum absolute atomic E-state index is 0.0847. The molecule has 1 saturated heterocycles. The molecule has 27 heavy (non-hydrogen) atoms. The molecule has 1 aliphatic heterocycles. The second-order valence-corrected chi connectivity index (χ2v) is 7.19. The molecule has 144 valence electrons. The topological polar surface area (TPSA) is 82.5 Å². The average molecular weight is 399 g/mol. The number of anilines is 1. The molecule has 3 heterocycles. The van der Waals surface area contributed by atoms with Gasteiger partial charge < -0.3 is 15.3 Å². The number of piperidine rings is 1. The number of hydrogen-bond donors (Lipinski definition) is 2. The van der Waals surface area contributed by atoms with Crippen LogP contribution in [0.1, 0.15) is 37.7 Å². The van der Waals surface area contributed by atoms with Crippen molar-refractivity contribution in [1.82, 2.24) is 10.3 Å². The highest BCUT2D eigenvalue weighted by Gasteiger charge is 2.31. The van der Waals surface area contributed by atoms with Crippen LogP contribution in [0.15, 0.2) is 30.5 Å². The van der Waals surface area contributed by atoms with Crippen LogP contribution in [0.25, 0.3) is 0 Å². The molecule has 0 radical (unpaired) electrons. The van der Waals surface area contributed by atoms with Crippen molar-refractivity contribution in [2.24, 2.45) is 0 Å². The summed E-state index contributed by atoms with van der Waals surface area (Å²) in [5.41, 5.74) is -0.787. The van der Waals surface area contributed by atoms with Gasteiger partial charge in [0.1, 0.15) is 10.7 Å². The normalized spacial score (nSPS) is 15.6. The van der Waals surface area contributed by atoms with Gasteiger partial charge in [0.25, 0.3) is 5.91 Å². The quantitative estimate of drug-likeness (QED) is 0.825. The predicted molar refractivity (Wildman–Crippen MR) is 93.2 cm³/mol. The molecule has 6 nitrogen and oxygen atoms in total. The maximum atomic E-state index is 12.6. The van der Waals surface area contributed by atoms with E-state index < -0.39 is 17.7 Å². The maximum Gasteiger partial charge on any atom is 0.417 e. The molecule has 0 atom stereocenters. The van der Waals surface area contributed by atoms with Gasteiger partial charge in [-0.2, -0.15) is 13.2 Å². The third-order valence-electron chi connectivity index (χ3n) is 4.27. The molecular weight excluding hydrogens is 383 g/mol. The van der Waals surface area contributed by atoms with E-state index in [-0.39, 0.29) is 16.8 Å². The van der Waals surface area contributed by atoms with Crippen LogP contribution in [-0.4, -0.2) is 41.1 Å². The van der Waals surface area contributed by atoms with E-state index in [2.05, 4.69) is 10.3 Å². The minimum atomic E-state index is -4.41. The third kappa shape index (κ3) is 4.57. The Kier molecular flexibility index (Phi) is 5.36. The molecule has 0 unspecified atom stereocenters. The van der Waals surface area contributed by atoms with Crippen molar-refractivity contribution < 1.29 is 27.9 Å². The largest absolute Gasteiger partial charge is 0.477 e. The van der Waals surface area contributed by atoms with Crippen LogP contribution in [0, 0.1) is 0 Å². The number of alkyl halides is 3. The van der Waals surface area contributed by atoms with Crippen LogP contribution in [0.5, 0.6) is 0 Å². The summed E-state index contributed by atoms with van der Waals surface area (Å²) >= 11 is 0.914. The molecule has 1 aliphatic rings. The fourth-order valence-corrected chi connectivity index (χ4v) is 3.57. The fourth-order valence-electron chi connectivity index (χ4n) is 2.83. The number of carboxylic acid groups (broad SMARTS) is 1. The lowest BCUT2D eigenvalue weighted by Crippen LogP contribution is -2.44. The van der Waals surface area contributed by atoms with Crippen molar-refractivity contribution in [3.63, 3.8) is 0 Å². The lowest BCUT2D eigenvalue weighted by Gasteiger charge is -2.33. The Morgan fingerprint density at radius 3 is 2.33 bits per heavy atom. The third-order valence-corrected chi connectivity index (χ3v) is 5.34. The second-order valence-electron chi connectivity index (χ2n) is 6.11. The van der Waals surface area contributed by atoms with Gasteiger partial charge in [0.15, 0.2) is 0 Å². The van der Waals surface area contributed by atoms with Gasteiger partial charge in [-0.15, -0.1) is 11.3 Å². The van der Waals surface area contributed by atoms with E-state index in [0.717, 1.165) is 23.6 Å². The van der Waals surface area contributed by atoms with Crippen molar-refractivity contribution >= 4 is 29.0 Å². The molecule has 0 bridgehead atoms. The van der Waals surface area contributed by atoms with Gasteiger partial charge in [0.05, 0.1) is 10.4 Å². The van der Waals surface area contributed by atoms with Crippen LogP contribution in [0.2, 0.25) is 0 Å². The number of nitrogens with zero attached hydrogens (tertiary/aromatic N) is 2. The molecule has 2 aromatic heterocycles. The zero-order valence-corrected chi connectivity index (χ0v) is 14.8. The number of pyridine rings is 1. The summed E-state index contributed by atoms with van der Waals surface area (Å²) in [6, 6.07) is 5.14. The number of carbonyl (C=O) groups is 2. The first-order valence-corrected chi connectivity index (χ1v) is 8.98. The van der Waals surface area contributed by atoms with Crippen molar-refractivity contribution in [3.8, 4) is 0 Å². The van der Waals surface area contributed by atoms with Crippen LogP contribution in [0.4, 0.5) is 19.0 Å². The SMILES string of the molecule is O=C(O)c1ccc(C(=O)NC2CCN(c3ccc(C(F)(F)F)cn3)CC2)s1. The number of rotatable bonds is 4. The fraction of sp³-hybridized carbons (Fsp3) is 0.353. The summed E-state index contributed by atoms with van der Waals surface area (Å²) in [7, 11) is 0. The number of carbonyl (C=O) groups excluding carboxylic acids is 1. The Bertz CT molecular complexity index is 828. The number of aromatic carboxylic acids is 1. The smallest absolute Gasteiger partial charge is 0.417 e. The zero-order chi connectivity index (χ0) is 19.6. The molecule has 0 saturated carbocycles. The first-order valence-electron chi connectivity index (χ1n) is 8.16. The molecule has 0 spiro atoms. The van der Waals surface area contributed by atoms with Crippen LogP contribution < -0.4 is 10.2 Å². The minimum Gasteiger partial charge on any atom is -0.477 e. The highest BCUT2D eigenvalue weighted by molar-refractivity contribution is 7.15. The number of thiophene rings is 1. The second kappa shape index (κ2) is 7.55. The molecule has 2 N–H and O–H groups in total. The lowest BCUT2D eigenvalue weighted by atomic mass is 10.0. The van der Waals surface area contributed by atoms with Gasteiger partial charge in [-0.25, -0.2) is 9.78 Å². The van der Waals surface area contributed by atoms with Crippen LogP contribution >= 0.6 is 11.3 Å². The van der Waals surface area contributed by atoms with Gasteiger partial charge >= 0.3 is 12.1 Å². The number of nitrogens with one attached hydrogen (secondary N) is 1. The van der Waals surface area contributed by atoms with Crippen molar-refractivity contribution in [3.05, 3.63) is 45.8 Å². The Morgan fingerprint density at radius 2 is 1.81 bits per heavy atom. The number of halogens is 3. The number of hydrogen-bond acceptors (Lipinski definition) is 5. The summed E-state index contributed by atoms with van der Waals surface area (Å²) in [6.07, 6.45) is -2.36. The van der Waals surface area contributed by atoms with E-state index in [1.54, 1.807) is 0 Å². The van der Waals surface area contributed by atoms with E-state index >= 15 is 0 Å². The Morgan fingerprint density at radius 1 is 1.15 bits per heavy atom. The molecule has 3 rings (SSSR count). The monoisotopic (exact) mass is 399 g/mol. The predicted octanol–water partition coefficient (Wildman–Crippen LogP) is 3.26. The molecular formula is C17H16F3N3O3S. The molecule has 0 aromatic carbocycles. The summed E-state index contributed by atoms with van der Waals surface area (Å²) in [5, 5.41) is 11.8. The molecule has 0 aliphatic carbocycles. The first-order chi connectivity index (χ1) is 12.7. The average Bonchev–Trinajstić information content (AvgIpc) is 3.12. The van der Waals surface area contributed by atoms with Gasteiger partial charge in [0.2, 0.25) is 0 Å². The molecule has 10 heteroatoms. The van der Waals surface area contributed by atoms with E-state index in [1.165, 1.54) is 18.2 Å². The van der Waals surface area contributed by atoms with Crippen LogP contribution in [-0.2, 0) is 6.18 Å². The Labute approximate surface area is 156 Å². The number of carboxylic acids is 1. The molecule has 1 amide bonds. The number of aromatic nitrogens is 1. The standard InChI is InChI=1S/C17H16F3N3O3S/c18-17(19,20)10-1-4-14(21-9-10)23-7-5-11(6-8-23)22-15(24)12-2-3-13(27-12)16(25)26/h1-4,9,11H,5-8H2,(H,22,24)(H,25,26). The summed E-state index contributed by atoms with van der Waals surface area (Å²) in [5.74, 6) is -0.924. The summed E-state index contributed by atoms with van der Waals surface area (Å²) in [4.78, 5) is 29.3. The van der Waals surface area contributed by atoms with Gasteiger partial charge in [-0.3, -0.25) is 4.79 Å². The van der Waals surface area contributed by atoms with Crippen LogP contribution in [0.3, 0.4) is 0 Å². The summed E-state index contributed by atoms with van der Waals surface area (Å²) in [6.45, 7) is 1.10. The first kappa shape index (κ1) is 19.2. The number of amides is 1. The van der Waals surface area contributed by atoms with Crippen molar-refractivity contribution in [1.29, 1.82) is 0 Å². The van der Waals surface area contributed by atoms with Crippen molar-refractivity contribution in [2.45, 2.75) is 25.1 Å². The lowest BCUT2D eigenvalue weighted by molar-refractivity contribution is -0.137.